The first kappa shape index (κ1) is 18.6. The molecule has 0 aromatic carbocycles. The summed E-state index contributed by atoms with van der Waals surface area (Å²) >= 11 is 0. The molecule has 3 atom stereocenters. The zero-order valence-electron chi connectivity index (χ0n) is 15.2. The summed E-state index contributed by atoms with van der Waals surface area (Å²) in [6.45, 7) is 13.2. The molecule has 1 heterocycles. The lowest BCUT2D eigenvalue weighted by atomic mass is 9.88. The summed E-state index contributed by atoms with van der Waals surface area (Å²) in [6, 6.07) is 0. The highest BCUT2D eigenvalue weighted by Crippen LogP contribution is 2.40. The molecule has 1 N–H and O–H groups in total. The van der Waals surface area contributed by atoms with Crippen LogP contribution >= 0.6 is 0 Å². The third-order valence-electron chi connectivity index (χ3n) is 5.20. The molecule has 23 heavy (non-hydrogen) atoms. The Morgan fingerprint density at radius 3 is 2.57 bits per heavy atom. The molecule has 0 saturated carbocycles. The normalized spacial score (nSPS) is 28.5. The van der Waals surface area contributed by atoms with E-state index in [1.165, 1.54) is 0 Å². The monoisotopic (exact) mass is 338 g/mol. The Bertz CT molecular complexity index is 528. The summed E-state index contributed by atoms with van der Waals surface area (Å²) in [4.78, 5) is 12.5. The molecule has 2 rings (SSSR count). The van der Waals surface area contributed by atoms with Crippen LogP contribution in [0, 0.1) is 0 Å². The second-order valence-electron chi connectivity index (χ2n) is 8.00. The van der Waals surface area contributed by atoms with Gasteiger partial charge in [0, 0.05) is 5.57 Å². The Kier molecular flexibility index (Phi) is 5.36. The Morgan fingerprint density at radius 2 is 2.00 bits per heavy atom. The average Bonchev–Trinajstić information content (AvgIpc) is 3.23. The minimum Gasteiger partial charge on any atom is -0.412 e. The van der Waals surface area contributed by atoms with E-state index in [0.717, 1.165) is 12.8 Å². The number of allylic oxidation sites excluding steroid dienone is 1. The lowest BCUT2D eigenvalue weighted by Crippen LogP contribution is -2.42. The van der Waals surface area contributed by atoms with E-state index in [2.05, 4.69) is 40.8 Å². The molecule has 1 fully saturated rings. The van der Waals surface area contributed by atoms with Crippen LogP contribution in [0.1, 0.15) is 40.5 Å². The number of carbonyl (C=O) groups is 1. The van der Waals surface area contributed by atoms with E-state index < -0.39 is 20.5 Å². The van der Waals surface area contributed by atoms with Crippen molar-refractivity contribution in [2.75, 3.05) is 6.61 Å². The fourth-order valence-electron chi connectivity index (χ4n) is 2.44. The summed E-state index contributed by atoms with van der Waals surface area (Å²) < 4.78 is 11.6. The predicted octanol–water partition coefficient (Wildman–Crippen LogP) is 3.37. The van der Waals surface area contributed by atoms with Crippen molar-refractivity contribution in [2.24, 2.45) is 0 Å². The number of fused-ring (bicyclic) bond motifs is 1. The van der Waals surface area contributed by atoms with Crippen LogP contribution in [0.3, 0.4) is 0 Å². The number of Topliss-reactive ketones (excluding diaryl/α,β-unsaturated/α-hetero) is 1. The van der Waals surface area contributed by atoms with E-state index in [1.807, 2.05) is 12.2 Å². The van der Waals surface area contributed by atoms with Crippen LogP contribution in [0.25, 0.3) is 0 Å². The predicted molar refractivity (Wildman–Crippen MR) is 93.9 cm³/mol. The number of hydrogen-bond acceptors (Lipinski definition) is 4. The van der Waals surface area contributed by atoms with Crippen LogP contribution in [0.2, 0.25) is 18.1 Å². The summed E-state index contributed by atoms with van der Waals surface area (Å²) in [5.41, 5.74) is 1.27. The first-order valence-corrected chi connectivity index (χ1v) is 11.4. The first-order chi connectivity index (χ1) is 10.6. The fourth-order valence-corrected chi connectivity index (χ4v) is 3.38. The lowest BCUT2D eigenvalue weighted by Gasteiger charge is -2.36. The maximum Gasteiger partial charge on any atom is 0.193 e. The molecule has 5 heteroatoms. The maximum absolute atomic E-state index is 12.5. The Balaban J connectivity index is 2.22. The van der Waals surface area contributed by atoms with Gasteiger partial charge in [0.25, 0.3) is 0 Å². The molecule has 4 nitrogen and oxygen atoms in total. The van der Waals surface area contributed by atoms with Gasteiger partial charge in [0.15, 0.2) is 14.1 Å². The second-order valence-corrected chi connectivity index (χ2v) is 12.8. The molecular weight excluding hydrogens is 308 g/mol. The molecule has 1 aliphatic carbocycles. The van der Waals surface area contributed by atoms with E-state index in [4.69, 9.17) is 9.16 Å². The molecule has 0 aromatic rings. The second kappa shape index (κ2) is 6.63. The van der Waals surface area contributed by atoms with Crippen LogP contribution in [-0.4, -0.2) is 44.1 Å². The van der Waals surface area contributed by atoms with Gasteiger partial charge in [-0.3, -0.25) is 4.79 Å². The van der Waals surface area contributed by atoms with Crippen molar-refractivity contribution in [1.29, 1.82) is 0 Å². The third-order valence-corrected chi connectivity index (χ3v) is 9.67. The van der Waals surface area contributed by atoms with Crippen LogP contribution in [0.4, 0.5) is 0 Å². The standard InChI is InChI=1S/C18H30O4Si/c1-7-8-9-10-12-13(11-21-23(5,6)18(2,3)4)15(20)17-16(22-17)14(12)19/h9-10,14,16-17,19H,7-8,11H2,1-6H3/b10-9+/t14-,16-,17+/m1/s1. The van der Waals surface area contributed by atoms with Crippen LogP contribution in [-0.2, 0) is 14.0 Å². The first-order valence-electron chi connectivity index (χ1n) is 8.51. The van der Waals surface area contributed by atoms with Gasteiger partial charge in [-0.25, -0.2) is 0 Å². The van der Waals surface area contributed by atoms with Crippen molar-refractivity contribution in [3.05, 3.63) is 23.3 Å². The number of carbonyl (C=O) groups excluding carboxylic acids is 1. The molecule has 1 saturated heterocycles. The van der Waals surface area contributed by atoms with Gasteiger partial charge in [0.05, 0.1) is 6.61 Å². The minimum absolute atomic E-state index is 0.0184. The molecular formula is C18H30O4Si. The molecule has 0 radical (unpaired) electrons. The van der Waals surface area contributed by atoms with Gasteiger partial charge in [-0.2, -0.15) is 0 Å². The number of ketones is 1. The number of aliphatic hydroxyl groups excluding tert-OH is 1. The molecule has 0 bridgehead atoms. The number of unbranched alkanes of at least 4 members (excludes halogenated alkanes) is 1. The summed E-state index contributed by atoms with van der Waals surface area (Å²) in [5, 5.41) is 10.5. The average molecular weight is 339 g/mol. The number of aliphatic hydroxyl groups is 1. The molecule has 0 spiro atoms. The molecule has 0 unspecified atom stereocenters. The number of epoxide rings is 1. The molecule has 0 aromatic heterocycles. The van der Waals surface area contributed by atoms with Gasteiger partial charge in [0.2, 0.25) is 0 Å². The highest BCUT2D eigenvalue weighted by Gasteiger charge is 2.55. The SMILES string of the molecule is CCC/C=C/C1=C(CO[Si](C)(C)C(C)(C)C)C(=O)[C@@H]2O[C@@H]2[C@@H]1O. The van der Waals surface area contributed by atoms with Crippen LogP contribution < -0.4 is 0 Å². The summed E-state index contributed by atoms with van der Waals surface area (Å²) in [5.74, 6) is -0.0184. The number of ether oxygens (including phenoxy) is 1. The Labute approximate surface area is 140 Å². The Morgan fingerprint density at radius 1 is 1.35 bits per heavy atom. The van der Waals surface area contributed by atoms with Gasteiger partial charge >= 0.3 is 0 Å². The highest BCUT2D eigenvalue weighted by atomic mass is 28.4. The van der Waals surface area contributed by atoms with Crippen molar-refractivity contribution in [2.45, 2.75) is 77.0 Å². The topological polar surface area (TPSA) is 59.1 Å². The van der Waals surface area contributed by atoms with Crippen molar-refractivity contribution < 1.29 is 19.1 Å². The zero-order valence-corrected chi connectivity index (χ0v) is 16.2. The number of hydrogen-bond donors (Lipinski definition) is 1. The van der Waals surface area contributed by atoms with Gasteiger partial charge in [-0.1, -0.05) is 46.3 Å². The largest absolute Gasteiger partial charge is 0.412 e. The van der Waals surface area contributed by atoms with Crippen molar-refractivity contribution in [3.8, 4) is 0 Å². The summed E-state index contributed by atoms with van der Waals surface area (Å²) in [7, 11) is -1.95. The van der Waals surface area contributed by atoms with E-state index in [9.17, 15) is 9.90 Å². The number of rotatable bonds is 6. The van der Waals surface area contributed by atoms with Gasteiger partial charge in [0.1, 0.15) is 18.3 Å². The van der Waals surface area contributed by atoms with Crippen molar-refractivity contribution >= 4 is 14.1 Å². The Hall–Kier alpha value is -0.753. The minimum atomic E-state index is -1.95. The fraction of sp³-hybridized carbons (Fsp3) is 0.722. The molecule has 1 aliphatic heterocycles. The molecule has 2 aliphatic rings. The van der Waals surface area contributed by atoms with Crippen molar-refractivity contribution in [1.82, 2.24) is 0 Å². The van der Waals surface area contributed by atoms with Crippen molar-refractivity contribution in [3.63, 3.8) is 0 Å². The van der Waals surface area contributed by atoms with E-state index in [-0.39, 0.29) is 23.5 Å². The van der Waals surface area contributed by atoms with E-state index in [0.29, 0.717) is 11.1 Å². The molecule has 0 amide bonds. The molecule has 130 valence electrons. The third kappa shape index (κ3) is 3.84. The van der Waals surface area contributed by atoms with Crippen LogP contribution in [0.5, 0.6) is 0 Å². The van der Waals surface area contributed by atoms with Gasteiger partial charge in [-0.05, 0) is 30.1 Å². The van der Waals surface area contributed by atoms with Crippen LogP contribution in [0.15, 0.2) is 23.3 Å². The van der Waals surface area contributed by atoms with E-state index >= 15 is 0 Å². The quantitative estimate of drug-likeness (QED) is 0.596. The zero-order chi connectivity index (χ0) is 17.4. The van der Waals surface area contributed by atoms with Gasteiger partial charge in [-0.15, -0.1) is 0 Å². The highest BCUT2D eigenvalue weighted by molar-refractivity contribution is 6.74. The lowest BCUT2D eigenvalue weighted by molar-refractivity contribution is -0.117. The smallest absolute Gasteiger partial charge is 0.193 e. The van der Waals surface area contributed by atoms with E-state index in [1.54, 1.807) is 0 Å². The van der Waals surface area contributed by atoms with Gasteiger partial charge < -0.3 is 14.3 Å². The maximum atomic E-state index is 12.5. The summed E-state index contributed by atoms with van der Waals surface area (Å²) in [6.07, 6.45) is 4.31.